The minimum Gasteiger partial charge on any atom is -0.481 e. The number of hydrogen-bond donors (Lipinski definition) is 2. The highest BCUT2D eigenvalue weighted by molar-refractivity contribution is 7.99. The molecule has 0 saturated carbocycles. The first-order valence-corrected chi connectivity index (χ1v) is 7.36. The number of halogens is 3. The Morgan fingerprint density at radius 2 is 1.91 bits per heavy atom. The molecule has 0 radical (unpaired) electrons. The number of carbonyl (C=O) groups excluding carboxylic acids is 1. The van der Waals surface area contributed by atoms with Crippen LogP contribution >= 0.6 is 11.8 Å². The number of carboxylic acid groups (broad SMARTS) is 1. The molecular weight excluding hydrogens is 335 g/mol. The van der Waals surface area contributed by atoms with Gasteiger partial charge in [-0.1, -0.05) is 12.1 Å². The van der Waals surface area contributed by atoms with Crippen molar-refractivity contribution in [2.45, 2.75) is 11.9 Å². The number of para-hydroxylation sites is 1. The summed E-state index contributed by atoms with van der Waals surface area (Å²) in [7, 11) is 0. The normalized spacial score (nSPS) is 11.4. The summed E-state index contributed by atoms with van der Waals surface area (Å²) in [4.78, 5) is 29.6. The van der Waals surface area contributed by atoms with Gasteiger partial charge in [-0.25, -0.2) is 9.97 Å². The molecule has 6 nitrogen and oxygen atoms in total. The summed E-state index contributed by atoms with van der Waals surface area (Å²) in [6.07, 6.45) is -5.04. The van der Waals surface area contributed by atoms with E-state index in [0.717, 1.165) is 11.8 Å². The topological polar surface area (TPSA) is 92.2 Å². The van der Waals surface area contributed by atoms with E-state index >= 15 is 0 Å². The van der Waals surface area contributed by atoms with Crippen molar-refractivity contribution in [3.63, 3.8) is 0 Å². The number of aliphatic carboxylic acids is 1. The summed E-state index contributed by atoms with van der Waals surface area (Å²) in [5.41, 5.74) is 0.353. The minimum absolute atomic E-state index is 0.0893. The summed E-state index contributed by atoms with van der Waals surface area (Å²) in [5.74, 6) is -3.39. The Bertz CT molecular complexity index is 752. The van der Waals surface area contributed by atoms with E-state index in [9.17, 15) is 22.8 Å². The molecule has 1 amide bonds. The predicted octanol–water partition coefficient (Wildman–Crippen LogP) is 2.45. The van der Waals surface area contributed by atoms with Crippen LogP contribution in [0.4, 0.5) is 19.0 Å². The van der Waals surface area contributed by atoms with Crippen LogP contribution in [0.5, 0.6) is 0 Å². The third-order valence-electron chi connectivity index (χ3n) is 2.60. The van der Waals surface area contributed by atoms with Gasteiger partial charge in [-0.05, 0) is 12.1 Å². The number of carbonyl (C=O) groups is 2. The lowest BCUT2D eigenvalue weighted by Gasteiger charge is -2.11. The number of nitrogens with zero attached hydrogens (tertiary/aromatic N) is 2. The van der Waals surface area contributed by atoms with Crippen molar-refractivity contribution in [3.8, 4) is 0 Å². The maximum Gasteiger partial charge on any atom is 0.471 e. The summed E-state index contributed by atoms with van der Waals surface area (Å²) < 4.78 is 37.2. The summed E-state index contributed by atoms with van der Waals surface area (Å²) in [5, 5.41) is 10.6. The van der Waals surface area contributed by atoms with Crippen LogP contribution in [-0.2, 0) is 15.3 Å². The van der Waals surface area contributed by atoms with Gasteiger partial charge < -0.3 is 10.4 Å². The Labute approximate surface area is 132 Å². The van der Waals surface area contributed by atoms with Crippen LogP contribution in [0, 0.1) is 0 Å². The van der Waals surface area contributed by atoms with E-state index in [2.05, 4.69) is 9.97 Å². The molecule has 1 aromatic carbocycles. The molecule has 0 fully saturated rings. The number of alkyl halides is 3. The van der Waals surface area contributed by atoms with Gasteiger partial charge >= 0.3 is 18.1 Å². The maximum atomic E-state index is 12.4. The van der Waals surface area contributed by atoms with Crippen LogP contribution in [0.1, 0.15) is 5.82 Å². The van der Waals surface area contributed by atoms with E-state index in [-0.39, 0.29) is 28.5 Å². The fourth-order valence-electron chi connectivity index (χ4n) is 1.69. The lowest BCUT2D eigenvalue weighted by Crippen LogP contribution is -2.30. The van der Waals surface area contributed by atoms with Gasteiger partial charge in [-0.3, -0.25) is 9.59 Å². The Kier molecular flexibility index (Phi) is 5.04. The number of carboxylic acids is 1. The van der Waals surface area contributed by atoms with Crippen molar-refractivity contribution >= 4 is 40.4 Å². The average Bonchev–Trinajstić information content (AvgIpc) is 2.46. The molecule has 0 aliphatic carbocycles. The molecule has 0 aliphatic rings. The molecule has 2 rings (SSSR count). The van der Waals surface area contributed by atoms with E-state index in [1.54, 1.807) is 23.5 Å². The highest BCUT2D eigenvalue weighted by Gasteiger charge is 2.39. The number of hydrogen-bond acceptors (Lipinski definition) is 5. The first-order valence-electron chi connectivity index (χ1n) is 6.21. The molecule has 0 saturated heterocycles. The summed E-state index contributed by atoms with van der Waals surface area (Å²) in [6.45, 7) is 0. The van der Waals surface area contributed by atoms with E-state index in [1.807, 2.05) is 0 Å². The number of fused-ring (bicyclic) bond motifs is 1. The second-order valence-electron chi connectivity index (χ2n) is 4.34. The van der Waals surface area contributed by atoms with Crippen LogP contribution in [0.2, 0.25) is 0 Å². The average molecular weight is 345 g/mol. The lowest BCUT2D eigenvalue weighted by molar-refractivity contribution is -0.167. The zero-order chi connectivity index (χ0) is 17.0. The molecular formula is C13H10F3N3O3S. The van der Waals surface area contributed by atoms with E-state index in [0.29, 0.717) is 5.52 Å². The molecule has 1 aromatic heterocycles. The van der Waals surface area contributed by atoms with Crippen molar-refractivity contribution in [1.82, 2.24) is 9.97 Å². The fourth-order valence-corrected chi connectivity index (χ4v) is 2.28. The number of amides is 1. The maximum absolute atomic E-state index is 12.4. The number of thioether (sulfide) groups is 1. The Morgan fingerprint density at radius 3 is 2.57 bits per heavy atom. The van der Waals surface area contributed by atoms with Crippen LogP contribution < -0.4 is 5.32 Å². The molecule has 0 atom stereocenters. The molecule has 0 bridgehead atoms. The number of benzene rings is 1. The molecule has 10 heteroatoms. The molecule has 1 heterocycles. The van der Waals surface area contributed by atoms with Gasteiger partial charge in [0.05, 0.1) is 17.0 Å². The molecule has 122 valence electrons. The Hall–Kier alpha value is -2.36. The van der Waals surface area contributed by atoms with Crippen LogP contribution in [0.15, 0.2) is 24.3 Å². The number of anilines is 1. The molecule has 0 aliphatic heterocycles. The second kappa shape index (κ2) is 6.82. The summed E-state index contributed by atoms with van der Waals surface area (Å²) >= 11 is 0.997. The molecule has 2 aromatic rings. The van der Waals surface area contributed by atoms with E-state index in [4.69, 9.17) is 5.11 Å². The van der Waals surface area contributed by atoms with Crippen molar-refractivity contribution in [2.24, 2.45) is 0 Å². The first-order chi connectivity index (χ1) is 10.8. The zero-order valence-corrected chi connectivity index (χ0v) is 12.2. The highest BCUT2D eigenvalue weighted by atomic mass is 32.2. The lowest BCUT2D eigenvalue weighted by atomic mass is 10.2. The van der Waals surface area contributed by atoms with Crippen molar-refractivity contribution in [2.75, 3.05) is 11.1 Å². The third-order valence-corrected chi connectivity index (χ3v) is 3.51. The first kappa shape index (κ1) is 17.0. The summed E-state index contributed by atoms with van der Waals surface area (Å²) in [6, 6.07) is 6.26. The monoisotopic (exact) mass is 345 g/mol. The van der Waals surface area contributed by atoms with Crippen molar-refractivity contribution < 1.29 is 27.9 Å². The van der Waals surface area contributed by atoms with Crippen molar-refractivity contribution in [3.05, 3.63) is 30.1 Å². The van der Waals surface area contributed by atoms with Crippen LogP contribution in [0.3, 0.4) is 0 Å². The van der Waals surface area contributed by atoms with Gasteiger partial charge in [0.1, 0.15) is 11.6 Å². The van der Waals surface area contributed by atoms with Gasteiger partial charge in [0, 0.05) is 5.39 Å². The zero-order valence-electron chi connectivity index (χ0n) is 11.4. The third kappa shape index (κ3) is 4.55. The van der Waals surface area contributed by atoms with Gasteiger partial charge in [0.25, 0.3) is 0 Å². The largest absolute Gasteiger partial charge is 0.481 e. The SMILES string of the molecule is O=C(O)CSCc1nc(NC(=O)C(F)(F)F)c2ccccc2n1. The predicted molar refractivity (Wildman–Crippen MR) is 78.0 cm³/mol. The van der Waals surface area contributed by atoms with Crippen LogP contribution in [-0.4, -0.2) is 38.9 Å². The van der Waals surface area contributed by atoms with Gasteiger partial charge in [-0.15, -0.1) is 11.8 Å². The minimum atomic E-state index is -5.04. The Morgan fingerprint density at radius 1 is 1.22 bits per heavy atom. The number of aromatic nitrogens is 2. The molecule has 23 heavy (non-hydrogen) atoms. The second-order valence-corrected chi connectivity index (χ2v) is 5.33. The Balaban J connectivity index is 2.33. The quantitative estimate of drug-likeness (QED) is 0.865. The standard InChI is InChI=1S/C13H10F3N3O3S/c14-13(15,16)12(22)19-11-7-3-1-2-4-8(7)17-9(18-11)5-23-6-10(20)21/h1-4H,5-6H2,(H,20,21)(H,17,18,19,22). The van der Waals surface area contributed by atoms with Gasteiger partial charge in [-0.2, -0.15) is 13.2 Å². The van der Waals surface area contributed by atoms with Gasteiger partial charge in [0.15, 0.2) is 0 Å². The fraction of sp³-hybridized carbons (Fsp3) is 0.231. The number of nitrogens with one attached hydrogen (secondary N) is 1. The van der Waals surface area contributed by atoms with Crippen LogP contribution in [0.25, 0.3) is 10.9 Å². The van der Waals surface area contributed by atoms with Gasteiger partial charge in [0.2, 0.25) is 0 Å². The number of rotatable bonds is 5. The van der Waals surface area contributed by atoms with E-state index < -0.39 is 18.1 Å². The highest BCUT2D eigenvalue weighted by Crippen LogP contribution is 2.24. The molecule has 2 N–H and O–H groups in total. The van der Waals surface area contributed by atoms with Crippen molar-refractivity contribution in [1.29, 1.82) is 0 Å². The molecule has 0 spiro atoms. The van der Waals surface area contributed by atoms with E-state index in [1.165, 1.54) is 6.07 Å². The molecule has 0 unspecified atom stereocenters. The smallest absolute Gasteiger partial charge is 0.471 e.